The average molecular weight is 935 g/mol. The third-order valence-corrected chi connectivity index (χ3v) is 32.8. The minimum absolute atomic E-state index is 0.405. The molecular weight excluding hydrogens is 847 g/mol. The summed E-state index contributed by atoms with van der Waals surface area (Å²) in [6.45, 7) is 57.1. The summed E-state index contributed by atoms with van der Waals surface area (Å²) >= 11 is -1.66. The van der Waals surface area contributed by atoms with Crippen LogP contribution >= 0.6 is 8.92 Å². The van der Waals surface area contributed by atoms with Crippen LogP contribution in [0.3, 0.4) is 0 Å². The topological polar surface area (TPSA) is 0 Å². The van der Waals surface area contributed by atoms with Crippen molar-refractivity contribution < 1.29 is 0 Å². The molecule has 318 valence electrons. The van der Waals surface area contributed by atoms with Crippen molar-refractivity contribution in [3.63, 3.8) is 0 Å². The van der Waals surface area contributed by atoms with E-state index in [2.05, 4.69) is 203 Å². The van der Waals surface area contributed by atoms with Gasteiger partial charge in [0.1, 0.15) is 0 Å². The van der Waals surface area contributed by atoms with Crippen LogP contribution in [0.1, 0.15) is 270 Å². The quantitative estimate of drug-likeness (QED) is 0.159. The van der Waals surface area contributed by atoms with Crippen molar-refractivity contribution in [2.75, 3.05) is 0 Å². The molecule has 0 nitrogen and oxygen atoms in total. The first kappa shape index (κ1) is 52.3. The van der Waals surface area contributed by atoms with E-state index in [1.54, 1.807) is 48.9 Å². The van der Waals surface area contributed by atoms with Crippen LogP contribution in [0, 0.1) is 0 Å². The van der Waals surface area contributed by atoms with E-state index in [9.17, 15) is 0 Å². The van der Waals surface area contributed by atoms with Gasteiger partial charge in [0.15, 0.2) is 0 Å². The molecule has 0 bridgehead atoms. The van der Waals surface area contributed by atoms with Crippen molar-refractivity contribution in [2.45, 2.75) is 226 Å². The number of hydrogen-bond acceptors (Lipinski definition) is 0. The number of hydrogen-bond donors (Lipinski definition) is 0. The Morgan fingerprint density at radius 3 is 0.754 bits per heavy atom. The van der Waals surface area contributed by atoms with Crippen LogP contribution in [-0.4, -0.2) is 35.1 Å². The monoisotopic (exact) mass is 935 g/mol. The summed E-state index contributed by atoms with van der Waals surface area (Å²) in [4.78, 5) is 0. The van der Waals surface area contributed by atoms with Crippen molar-refractivity contribution in [3.05, 3.63) is 86.5 Å². The first-order valence-electron chi connectivity index (χ1n) is 22.6. The molecule has 0 unspecified atom stereocenters. The van der Waals surface area contributed by atoms with E-state index in [4.69, 9.17) is 8.92 Å². The van der Waals surface area contributed by atoms with Crippen LogP contribution < -0.4 is 15.6 Å². The maximum absolute atomic E-state index is 6.43. The maximum atomic E-state index is 6.43. The Kier molecular flexibility index (Phi) is 19.6. The summed E-state index contributed by atoms with van der Waals surface area (Å²) in [5.74, 6) is 4.45. The molecule has 0 heterocycles. The molecule has 3 aromatic carbocycles. The van der Waals surface area contributed by atoms with Crippen LogP contribution in [0.5, 0.6) is 0 Å². The van der Waals surface area contributed by atoms with E-state index in [0.717, 1.165) is 8.61 Å². The van der Waals surface area contributed by atoms with Crippen LogP contribution in [0.25, 0.3) is 0 Å². The Labute approximate surface area is 369 Å². The van der Waals surface area contributed by atoms with E-state index in [0.29, 0.717) is 60.1 Å². The average Bonchev–Trinajstić information content (AvgIpc) is 3.07. The van der Waals surface area contributed by atoms with Crippen molar-refractivity contribution in [3.8, 4) is 0 Å². The predicted molar refractivity (Wildman–Crippen MR) is 268 cm³/mol. The van der Waals surface area contributed by atoms with Crippen molar-refractivity contribution in [1.29, 1.82) is 0 Å². The van der Waals surface area contributed by atoms with Crippen molar-refractivity contribution in [1.82, 2.24) is 0 Å². The van der Waals surface area contributed by atoms with Gasteiger partial charge < -0.3 is 0 Å². The second kappa shape index (κ2) is 21.3. The zero-order valence-electron chi connectivity index (χ0n) is 41.5. The molecule has 2 radical (unpaired) electrons. The molecule has 0 aliphatic heterocycles. The Morgan fingerprint density at radius 2 is 0.596 bits per heavy atom. The first-order valence-corrected chi connectivity index (χ1v) is 32.6. The van der Waals surface area contributed by atoms with E-state index in [1.807, 2.05) is 0 Å². The molecule has 0 spiro atoms. The molecule has 0 aliphatic rings. The van der Waals surface area contributed by atoms with E-state index >= 15 is 0 Å². The molecule has 3 rings (SSSR count). The van der Waals surface area contributed by atoms with E-state index < -0.39 is 26.5 Å². The van der Waals surface area contributed by atoms with Crippen LogP contribution in [0.15, 0.2) is 36.4 Å². The molecule has 57 heavy (non-hydrogen) atoms. The molecule has 0 atom stereocenters. The molecule has 4 heteroatoms. The van der Waals surface area contributed by atoms with Gasteiger partial charge in [0.05, 0.1) is 7.89 Å². The fraction of sp³-hybridized carbons (Fsp3) is 0.660. The Hall–Kier alpha value is -0.818. The fourth-order valence-corrected chi connectivity index (χ4v) is 23.0. The molecule has 0 aliphatic carbocycles. The summed E-state index contributed by atoms with van der Waals surface area (Å²) in [6, 6.07) is 15.7. The van der Waals surface area contributed by atoms with Crippen LogP contribution in [0.4, 0.5) is 0 Å². The second-order valence-corrected chi connectivity index (χ2v) is 39.6. The van der Waals surface area contributed by atoms with Gasteiger partial charge in [-0.3, -0.25) is 0 Å². The van der Waals surface area contributed by atoms with Crippen LogP contribution in [0.2, 0.25) is 6.86 Å². The Morgan fingerprint density at radius 1 is 0.386 bits per heavy atom. The van der Waals surface area contributed by atoms with E-state index in [-0.39, 0.29) is 0 Å². The van der Waals surface area contributed by atoms with Gasteiger partial charge in [-0.25, -0.2) is 0 Å². The SMILES string of the molecule is CC(C)c1cc(C(C)C)c([Si]=[Si](c2c(C(C)C)cc(C(C)C)cc2C(C)C)c2c(C(C)C)cc(C(C)C)cc2C(C)C)c(C(C)C)c1.C[C](C)(C)[Sn]([Cl])[C](C)(C)C. The molecule has 0 aromatic heterocycles. The zero-order valence-corrected chi connectivity index (χ0v) is 47.1. The minimum atomic E-state index is -1.66. The van der Waals surface area contributed by atoms with Gasteiger partial charge in [-0.05, 0) is 119 Å². The third-order valence-electron chi connectivity index (χ3n) is 11.5. The standard InChI is InChI=1S/C45H69Si2.2C4H9.ClH.Sn/c1-25(2)34-19-37(28(7)8)43(38(20-34)29(9)10)46-47(44-39(30(11)12)21-35(26(3)4)22-40(44)31(13)14)45-41(32(15)16)23-36(27(5)6)24-42(45)33(17)18;2*1-4(2)3;;/h19-33H,1-18H3;2*1-3H3;1H;/q;;;;+1/p-1. The van der Waals surface area contributed by atoms with Gasteiger partial charge in [0.25, 0.3) is 0 Å². The van der Waals surface area contributed by atoms with Gasteiger partial charge in [-0.2, -0.15) is 0 Å². The van der Waals surface area contributed by atoms with Crippen LogP contribution in [-0.2, 0) is 0 Å². The Bertz CT molecular complexity index is 1630. The molecule has 0 N–H and O–H groups in total. The molecule has 3 aromatic rings. The van der Waals surface area contributed by atoms with Crippen molar-refractivity contribution in [2.24, 2.45) is 0 Å². The van der Waals surface area contributed by atoms with Gasteiger partial charge >= 0.3 is 76.0 Å². The van der Waals surface area contributed by atoms with Crippen molar-refractivity contribution >= 4 is 59.6 Å². The van der Waals surface area contributed by atoms with E-state index in [1.165, 1.54) is 16.7 Å². The molecule has 0 saturated heterocycles. The van der Waals surface area contributed by atoms with Gasteiger partial charge in [-0.15, -0.1) is 0 Å². The predicted octanol–water partition coefficient (Wildman–Crippen LogP) is 15.7. The van der Waals surface area contributed by atoms with Gasteiger partial charge in [0, 0.05) is 8.61 Å². The fourth-order valence-electron chi connectivity index (χ4n) is 8.09. The third kappa shape index (κ3) is 13.6. The van der Waals surface area contributed by atoms with Gasteiger partial charge in [-0.1, -0.05) is 161 Å². The summed E-state index contributed by atoms with van der Waals surface area (Å²) in [5, 5.41) is 5.12. The summed E-state index contributed by atoms with van der Waals surface area (Å²) in [5.41, 5.74) is 14.1. The van der Waals surface area contributed by atoms with Gasteiger partial charge in [0.2, 0.25) is 0 Å². The molecule has 0 amide bonds. The number of rotatable bonds is 12. The second-order valence-electron chi connectivity index (χ2n) is 21.9. The molecule has 0 saturated carbocycles. The molecule has 0 fully saturated rings. The number of benzene rings is 3. The summed E-state index contributed by atoms with van der Waals surface area (Å²) in [6.07, 6.45) is 0. The first-order chi connectivity index (χ1) is 25.9. The zero-order chi connectivity index (χ0) is 44.2. The normalized spacial score (nSPS) is 12.8. The summed E-state index contributed by atoms with van der Waals surface area (Å²) in [7, 11) is 5.95. The number of halogens is 1. The Balaban J connectivity index is 0.000000984. The summed E-state index contributed by atoms with van der Waals surface area (Å²) < 4.78 is 0.810. The molecular formula is C53H87ClSi2Sn.